The highest BCUT2D eigenvalue weighted by Crippen LogP contribution is 2.10. The standard InChI is InChI=1S/C21H19ClFN3O/c22-18-6-1-15(2-7-18)11-12-24-21(27)17-5-10-20(26-14-17)25-13-16-3-8-19(23)9-4-16/h1-10,14H,11-13H2,(H,24,27)(H,25,26). The molecule has 0 fully saturated rings. The van der Waals surface area contributed by atoms with Crippen LogP contribution in [-0.2, 0) is 13.0 Å². The molecule has 3 rings (SSSR count). The van der Waals surface area contributed by atoms with Gasteiger partial charge in [-0.1, -0.05) is 35.9 Å². The van der Waals surface area contributed by atoms with Crippen molar-refractivity contribution in [2.24, 2.45) is 0 Å². The Balaban J connectivity index is 1.46. The summed E-state index contributed by atoms with van der Waals surface area (Å²) in [5.74, 6) is 0.224. The van der Waals surface area contributed by atoms with E-state index in [9.17, 15) is 9.18 Å². The molecule has 1 amide bonds. The monoisotopic (exact) mass is 383 g/mol. The molecule has 0 saturated carbocycles. The van der Waals surface area contributed by atoms with Gasteiger partial charge < -0.3 is 10.6 Å². The topological polar surface area (TPSA) is 54.0 Å². The zero-order valence-corrected chi connectivity index (χ0v) is 15.3. The Bertz CT molecular complexity index is 881. The third kappa shape index (κ3) is 5.79. The number of amides is 1. The van der Waals surface area contributed by atoms with Crippen molar-refractivity contribution >= 4 is 23.3 Å². The second-order valence-electron chi connectivity index (χ2n) is 6.04. The maximum absolute atomic E-state index is 12.9. The molecule has 2 aromatic carbocycles. The Morgan fingerprint density at radius 1 is 0.963 bits per heavy atom. The normalized spacial score (nSPS) is 10.4. The SMILES string of the molecule is O=C(NCCc1ccc(Cl)cc1)c1ccc(NCc2ccc(F)cc2)nc1. The zero-order valence-electron chi connectivity index (χ0n) is 14.6. The van der Waals surface area contributed by atoms with Gasteiger partial charge in [0, 0.05) is 24.3 Å². The van der Waals surface area contributed by atoms with Crippen molar-refractivity contribution in [3.05, 3.63) is 94.4 Å². The van der Waals surface area contributed by atoms with Crippen LogP contribution in [0, 0.1) is 5.82 Å². The quantitative estimate of drug-likeness (QED) is 0.633. The average Bonchev–Trinajstić information content (AvgIpc) is 2.69. The minimum absolute atomic E-state index is 0.165. The highest BCUT2D eigenvalue weighted by molar-refractivity contribution is 6.30. The van der Waals surface area contributed by atoms with E-state index in [2.05, 4.69) is 15.6 Å². The van der Waals surface area contributed by atoms with Crippen LogP contribution in [-0.4, -0.2) is 17.4 Å². The van der Waals surface area contributed by atoms with Gasteiger partial charge in [-0.05, 0) is 53.9 Å². The summed E-state index contributed by atoms with van der Waals surface area (Å²) in [7, 11) is 0. The fourth-order valence-corrected chi connectivity index (χ4v) is 2.63. The molecular formula is C21H19ClFN3O. The number of halogens is 2. The molecule has 138 valence electrons. The summed E-state index contributed by atoms with van der Waals surface area (Å²) in [6, 6.07) is 17.3. The lowest BCUT2D eigenvalue weighted by Crippen LogP contribution is -2.25. The van der Waals surface area contributed by atoms with Gasteiger partial charge in [0.25, 0.3) is 5.91 Å². The molecule has 6 heteroatoms. The molecule has 0 atom stereocenters. The van der Waals surface area contributed by atoms with Gasteiger partial charge >= 0.3 is 0 Å². The highest BCUT2D eigenvalue weighted by atomic mass is 35.5. The van der Waals surface area contributed by atoms with E-state index in [4.69, 9.17) is 11.6 Å². The molecule has 0 saturated heterocycles. The van der Waals surface area contributed by atoms with Gasteiger partial charge in [0.05, 0.1) is 5.56 Å². The summed E-state index contributed by atoms with van der Waals surface area (Å²) in [5, 5.41) is 6.71. The first kappa shape index (κ1) is 18.9. The number of carbonyl (C=O) groups is 1. The molecule has 0 bridgehead atoms. The summed E-state index contributed by atoms with van der Waals surface area (Å²) >= 11 is 5.86. The van der Waals surface area contributed by atoms with Crippen LogP contribution in [0.3, 0.4) is 0 Å². The second-order valence-corrected chi connectivity index (χ2v) is 6.48. The molecule has 2 N–H and O–H groups in total. The minimum Gasteiger partial charge on any atom is -0.366 e. The number of benzene rings is 2. The van der Waals surface area contributed by atoms with E-state index in [-0.39, 0.29) is 11.7 Å². The van der Waals surface area contributed by atoms with E-state index in [0.29, 0.717) is 29.5 Å². The van der Waals surface area contributed by atoms with Crippen molar-refractivity contribution in [3.8, 4) is 0 Å². The first-order valence-electron chi connectivity index (χ1n) is 8.57. The number of nitrogens with zero attached hydrogens (tertiary/aromatic N) is 1. The molecule has 3 aromatic rings. The molecule has 1 heterocycles. The minimum atomic E-state index is -0.261. The van der Waals surface area contributed by atoms with Crippen LogP contribution in [0.1, 0.15) is 21.5 Å². The first-order valence-corrected chi connectivity index (χ1v) is 8.95. The predicted octanol–water partition coefficient (Wildman–Crippen LogP) is 4.46. The number of rotatable bonds is 7. The Hall–Kier alpha value is -2.92. The van der Waals surface area contributed by atoms with Gasteiger partial charge in [0.2, 0.25) is 0 Å². The van der Waals surface area contributed by atoms with E-state index >= 15 is 0 Å². The second kappa shape index (κ2) is 9.14. The third-order valence-corrected chi connectivity index (χ3v) is 4.28. The Morgan fingerprint density at radius 2 is 1.67 bits per heavy atom. The number of hydrogen-bond donors (Lipinski definition) is 2. The lowest BCUT2D eigenvalue weighted by Gasteiger charge is -2.08. The summed E-state index contributed by atoms with van der Waals surface area (Å²) in [5.41, 5.74) is 2.55. The van der Waals surface area contributed by atoms with Crippen LogP contribution in [0.5, 0.6) is 0 Å². The van der Waals surface area contributed by atoms with Crippen molar-refractivity contribution in [3.63, 3.8) is 0 Å². The number of aromatic nitrogens is 1. The Labute approximate surface area is 162 Å². The molecule has 0 radical (unpaired) electrons. The predicted molar refractivity (Wildman–Crippen MR) is 105 cm³/mol. The molecule has 27 heavy (non-hydrogen) atoms. The fourth-order valence-electron chi connectivity index (χ4n) is 2.50. The van der Waals surface area contributed by atoms with Gasteiger partial charge in [0.15, 0.2) is 0 Å². The lowest BCUT2D eigenvalue weighted by molar-refractivity contribution is 0.0954. The van der Waals surface area contributed by atoms with E-state index in [0.717, 1.165) is 17.5 Å². The average molecular weight is 384 g/mol. The van der Waals surface area contributed by atoms with Crippen molar-refractivity contribution in [1.82, 2.24) is 10.3 Å². The Kier molecular flexibility index (Phi) is 6.39. The third-order valence-electron chi connectivity index (χ3n) is 4.03. The van der Waals surface area contributed by atoms with Crippen LogP contribution in [0.2, 0.25) is 5.02 Å². The first-order chi connectivity index (χ1) is 13.1. The Morgan fingerprint density at radius 3 is 2.33 bits per heavy atom. The summed E-state index contributed by atoms with van der Waals surface area (Å²) in [6.45, 7) is 1.06. The summed E-state index contributed by atoms with van der Waals surface area (Å²) < 4.78 is 12.9. The molecule has 1 aromatic heterocycles. The van der Waals surface area contributed by atoms with Crippen molar-refractivity contribution in [2.45, 2.75) is 13.0 Å². The summed E-state index contributed by atoms with van der Waals surface area (Å²) in [6.07, 6.45) is 2.26. The van der Waals surface area contributed by atoms with Gasteiger partial charge in [-0.2, -0.15) is 0 Å². The van der Waals surface area contributed by atoms with Gasteiger partial charge in [-0.3, -0.25) is 4.79 Å². The van der Waals surface area contributed by atoms with Crippen LogP contribution >= 0.6 is 11.6 Å². The van der Waals surface area contributed by atoms with Crippen molar-refractivity contribution in [1.29, 1.82) is 0 Å². The van der Waals surface area contributed by atoms with Crippen LogP contribution in [0.25, 0.3) is 0 Å². The summed E-state index contributed by atoms with van der Waals surface area (Å²) in [4.78, 5) is 16.4. The van der Waals surface area contributed by atoms with Crippen molar-refractivity contribution < 1.29 is 9.18 Å². The molecule has 0 spiro atoms. The number of carbonyl (C=O) groups excluding carboxylic acids is 1. The van der Waals surface area contributed by atoms with E-state index in [1.165, 1.54) is 18.3 Å². The zero-order chi connectivity index (χ0) is 19.1. The number of pyridine rings is 1. The van der Waals surface area contributed by atoms with E-state index in [1.807, 2.05) is 24.3 Å². The number of hydrogen-bond acceptors (Lipinski definition) is 3. The maximum Gasteiger partial charge on any atom is 0.252 e. The molecule has 0 unspecified atom stereocenters. The van der Waals surface area contributed by atoms with Crippen molar-refractivity contribution in [2.75, 3.05) is 11.9 Å². The number of nitrogens with one attached hydrogen (secondary N) is 2. The highest BCUT2D eigenvalue weighted by Gasteiger charge is 2.06. The molecular weight excluding hydrogens is 365 g/mol. The fraction of sp³-hybridized carbons (Fsp3) is 0.143. The largest absolute Gasteiger partial charge is 0.366 e. The van der Waals surface area contributed by atoms with Gasteiger partial charge in [-0.25, -0.2) is 9.37 Å². The maximum atomic E-state index is 12.9. The van der Waals surface area contributed by atoms with Gasteiger partial charge in [-0.15, -0.1) is 0 Å². The smallest absolute Gasteiger partial charge is 0.252 e. The van der Waals surface area contributed by atoms with E-state index < -0.39 is 0 Å². The van der Waals surface area contributed by atoms with Crippen LogP contribution in [0.4, 0.5) is 10.2 Å². The van der Waals surface area contributed by atoms with Crippen LogP contribution < -0.4 is 10.6 Å². The molecule has 0 aliphatic carbocycles. The molecule has 0 aliphatic heterocycles. The molecule has 0 aliphatic rings. The van der Waals surface area contributed by atoms with Crippen LogP contribution in [0.15, 0.2) is 66.9 Å². The van der Waals surface area contributed by atoms with E-state index in [1.54, 1.807) is 24.3 Å². The number of anilines is 1. The van der Waals surface area contributed by atoms with Gasteiger partial charge in [0.1, 0.15) is 11.6 Å². The lowest BCUT2D eigenvalue weighted by atomic mass is 10.1. The molecule has 4 nitrogen and oxygen atoms in total.